The van der Waals surface area contributed by atoms with Crippen LogP contribution < -0.4 is 5.73 Å². The Bertz CT molecular complexity index is 438. The minimum atomic E-state index is 0.669. The third-order valence-corrected chi connectivity index (χ3v) is 3.60. The monoisotopic (exact) mass is 286 g/mol. The normalized spacial score (nSPS) is 10.8. The molecule has 0 aliphatic heterocycles. The molecule has 0 aliphatic carbocycles. The minimum Gasteiger partial charge on any atom is -0.440 e. The van der Waals surface area contributed by atoms with Crippen LogP contribution in [0.15, 0.2) is 26.5 Å². The van der Waals surface area contributed by atoms with Crippen LogP contribution >= 0.6 is 27.3 Å². The number of aromatic nitrogens is 1. The molecule has 5 heteroatoms. The quantitative estimate of drug-likeness (QED) is 0.940. The van der Waals surface area contributed by atoms with Gasteiger partial charge >= 0.3 is 0 Å². The molecule has 2 heterocycles. The minimum absolute atomic E-state index is 0.669. The lowest BCUT2D eigenvalue weighted by Crippen LogP contribution is -2.00. The van der Waals surface area contributed by atoms with Crippen molar-refractivity contribution in [2.24, 2.45) is 5.73 Å². The summed E-state index contributed by atoms with van der Waals surface area (Å²) < 4.78 is 6.70. The maximum absolute atomic E-state index is 5.61. The van der Waals surface area contributed by atoms with E-state index in [1.54, 1.807) is 17.5 Å². The lowest BCUT2D eigenvalue weighted by molar-refractivity contribution is 0.500. The molecule has 0 spiro atoms. The van der Waals surface area contributed by atoms with Crippen LogP contribution in [0.25, 0.3) is 10.6 Å². The first-order valence-electron chi connectivity index (χ1n) is 4.70. The van der Waals surface area contributed by atoms with Crippen LogP contribution in [0.3, 0.4) is 0 Å². The summed E-state index contributed by atoms with van der Waals surface area (Å²) in [6, 6.07) is 4.02. The summed E-state index contributed by atoms with van der Waals surface area (Å²) in [7, 11) is 0. The molecule has 0 radical (unpaired) electrons. The Labute approximate surface area is 100 Å². The lowest BCUT2D eigenvalue weighted by Gasteiger charge is -1.91. The van der Waals surface area contributed by atoms with E-state index in [0.717, 1.165) is 33.2 Å². The van der Waals surface area contributed by atoms with E-state index in [2.05, 4.69) is 20.9 Å². The van der Waals surface area contributed by atoms with E-state index < -0.39 is 0 Å². The fourth-order valence-corrected chi connectivity index (χ4v) is 2.57. The van der Waals surface area contributed by atoms with Crippen LogP contribution in [0.1, 0.15) is 12.3 Å². The van der Waals surface area contributed by atoms with E-state index in [1.165, 1.54) is 0 Å². The van der Waals surface area contributed by atoms with Crippen molar-refractivity contribution in [3.8, 4) is 10.6 Å². The van der Waals surface area contributed by atoms with Gasteiger partial charge in [-0.2, -0.15) is 0 Å². The van der Waals surface area contributed by atoms with E-state index >= 15 is 0 Å². The summed E-state index contributed by atoms with van der Waals surface area (Å²) in [4.78, 5) is 5.30. The maximum atomic E-state index is 5.61. The van der Waals surface area contributed by atoms with Gasteiger partial charge in [-0.05, 0) is 41.0 Å². The largest absolute Gasteiger partial charge is 0.440 e. The molecule has 0 saturated heterocycles. The van der Waals surface area contributed by atoms with Crippen molar-refractivity contribution in [3.63, 3.8) is 0 Å². The predicted molar refractivity (Wildman–Crippen MR) is 64.9 cm³/mol. The van der Waals surface area contributed by atoms with Crippen LogP contribution in [0.2, 0.25) is 0 Å². The van der Waals surface area contributed by atoms with Gasteiger partial charge in [-0.25, -0.2) is 4.98 Å². The fourth-order valence-electron chi connectivity index (χ4n) is 1.24. The first kappa shape index (κ1) is 10.9. The van der Waals surface area contributed by atoms with Crippen molar-refractivity contribution in [1.82, 2.24) is 4.98 Å². The van der Waals surface area contributed by atoms with Gasteiger partial charge in [-0.15, -0.1) is 11.3 Å². The van der Waals surface area contributed by atoms with Gasteiger partial charge in [-0.3, -0.25) is 0 Å². The number of hydrogen-bond donors (Lipinski definition) is 1. The van der Waals surface area contributed by atoms with Gasteiger partial charge in [-0.1, -0.05) is 0 Å². The number of hydrogen-bond acceptors (Lipinski definition) is 4. The molecule has 2 aromatic heterocycles. The Balaban J connectivity index is 2.13. The second kappa shape index (κ2) is 4.92. The highest BCUT2D eigenvalue weighted by Gasteiger charge is 2.07. The van der Waals surface area contributed by atoms with Gasteiger partial charge in [0.1, 0.15) is 0 Å². The van der Waals surface area contributed by atoms with Crippen LogP contribution in [-0.4, -0.2) is 11.5 Å². The molecule has 0 aliphatic rings. The number of rotatable bonds is 4. The fraction of sp³-hybridized carbons (Fsp3) is 0.300. The van der Waals surface area contributed by atoms with Crippen LogP contribution in [0, 0.1) is 0 Å². The highest BCUT2D eigenvalue weighted by molar-refractivity contribution is 9.11. The molecule has 0 saturated carbocycles. The lowest BCUT2D eigenvalue weighted by atomic mass is 10.3. The predicted octanol–water partition coefficient (Wildman–Crippen LogP) is 3.06. The number of thiophene rings is 1. The molecular formula is C10H11BrN2OS. The third kappa shape index (κ3) is 2.68. The number of oxazole rings is 1. The SMILES string of the molecule is NCCCc1ncc(-c2ccc(Br)s2)o1. The number of nitrogens with zero attached hydrogens (tertiary/aromatic N) is 1. The molecular weight excluding hydrogens is 276 g/mol. The zero-order chi connectivity index (χ0) is 10.7. The Morgan fingerprint density at radius 2 is 2.33 bits per heavy atom. The summed E-state index contributed by atoms with van der Waals surface area (Å²) in [6.07, 6.45) is 3.49. The third-order valence-electron chi connectivity index (χ3n) is 1.96. The van der Waals surface area contributed by atoms with Gasteiger partial charge < -0.3 is 10.2 Å². The van der Waals surface area contributed by atoms with Crippen molar-refractivity contribution in [3.05, 3.63) is 28.0 Å². The molecule has 0 bridgehead atoms. The Morgan fingerprint density at radius 1 is 1.47 bits per heavy atom. The van der Waals surface area contributed by atoms with Gasteiger partial charge in [0, 0.05) is 6.42 Å². The zero-order valence-corrected chi connectivity index (χ0v) is 10.5. The van der Waals surface area contributed by atoms with Crippen molar-refractivity contribution in [2.75, 3.05) is 6.54 Å². The molecule has 0 aromatic carbocycles. The molecule has 0 amide bonds. The summed E-state index contributed by atoms with van der Waals surface area (Å²) in [5, 5.41) is 0. The van der Waals surface area contributed by atoms with Crippen molar-refractivity contribution >= 4 is 27.3 Å². The van der Waals surface area contributed by atoms with Crippen molar-refractivity contribution in [1.29, 1.82) is 0 Å². The Morgan fingerprint density at radius 3 is 3.00 bits per heavy atom. The van der Waals surface area contributed by atoms with E-state index in [4.69, 9.17) is 10.2 Å². The topological polar surface area (TPSA) is 52.0 Å². The molecule has 3 nitrogen and oxygen atoms in total. The molecule has 0 unspecified atom stereocenters. The van der Waals surface area contributed by atoms with Crippen LogP contribution in [0.4, 0.5) is 0 Å². The smallest absolute Gasteiger partial charge is 0.194 e. The highest BCUT2D eigenvalue weighted by Crippen LogP contribution is 2.31. The second-order valence-corrected chi connectivity index (χ2v) is 5.58. The molecule has 0 fully saturated rings. The van der Waals surface area contributed by atoms with Gasteiger partial charge in [0.05, 0.1) is 14.9 Å². The van der Waals surface area contributed by atoms with Crippen molar-refractivity contribution in [2.45, 2.75) is 12.8 Å². The first-order valence-corrected chi connectivity index (χ1v) is 6.31. The summed E-state index contributed by atoms with van der Waals surface area (Å²) in [5.41, 5.74) is 5.42. The molecule has 2 N–H and O–H groups in total. The maximum Gasteiger partial charge on any atom is 0.194 e. The zero-order valence-electron chi connectivity index (χ0n) is 8.07. The van der Waals surface area contributed by atoms with E-state index in [9.17, 15) is 0 Å². The Kier molecular flexibility index (Phi) is 3.56. The summed E-state index contributed by atoms with van der Waals surface area (Å²) in [6.45, 7) is 0.669. The Hall–Kier alpha value is -0.650. The average Bonchev–Trinajstić information content (AvgIpc) is 2.83. The highest BCUT2D eigenvalue weighted by atomic mass is 79.9. The van der Waals surface area contributed by atoms with E-state index in [1.807, 2.05) is 12.1 Å². The van der Waals surface area contributed by atoms with Crippen LogP contribution in [-0.2, 0) is 6.42 Å². The van der Waals surface area contributed by atoms with E-state index in [0.29, 0.717) is 6.54 Å². The van der Waals surface area contributed by atoms with Crippen LogP contribution in [0.5, 0.6) is 0 Å². The molecule has 2 rings (SSSR count). The van der Waals surface area contributed by atoms with Gasteiger partial charge in [0.25, 0.3) is 0 Å². The molecule has 15 heavy (non-hydrogen) atoms. The van der Waals surface area contributed by atoms with Crippen molar-refractivity contribution < 1.29 is 4.42 Å². The average molecular weight is 287 g/mol. The molecule has 0 atom stereocenters. The number of aryl methyl sites for hydroxylation is 1. The first-order chi connectivity index (χ1) is 7.29. The molecule has 80 valence electrons. The number of halogens is 1. The second-order valence-electron chi connectivity index (χ2n) is 3.11. The standard InChI is InChI=1S/C10H11BrN2OS/c11-9-4-3-8(15-9)7-6-13-10(14-7)2-1-5-12/h3-4,6H,1-2,5,12H2. The number of nitrogens with two attached hydrogens (primary N) is 1. The summed E-state index contributed by atoms with van der Waals surface area (Å²) in [5.74, 6) is 1.60. The van der Waals surface area contributed by atoms with Gasteiger partial charge in [0.2, 0.25) is 0 Å². The van der Waals surface area contributed by atoms with Gasteiger partial charge in [0.15, 0.2) is 11.7 Å². The van der Waals surface area contributed by atoms with E-state index in [-0.39, 0.29) is 0 Å². The molecule has 2 aromatic rings. The summed E-state index contributed by atoms with van der Waals surface area (Å²) >= 11 is 5.05.